The minimum atomic E-state index is -1.09. The Labute approximate surface area is 165 Å². The van der Waals surface area contributed by atoms with Crippen molar-refractivity contribution in [3.63, 3.8) is 0 Å². The summed E-state index contributed by atoms with van der Waals surface area (Å²) < 4.78 is 0. The number of aromatic nitrogens is 2. The van der Waals surface area contributed by atoms with Gasteiger partial charge in [-0.3, -0.25) is 9.69 Å². The molecule has 1 aliphatic rings. The highest BCUT2D eigenvalue weighted by atomic mass is 16.4. The minimum Gasteiger partial charge on any atom is -0.481 e. The molecule has 2 atom stereocenters. The van der Waals surface area contributed by atoms with Crippen LogP contribution in [-0.4, -0.2) is 50.2 Å². The van der Waals surface area contributed by atoms with Gasteiger partial charge in [0.05, 0.1) is 6.10 Å². The molecule has 0 spiro atoms. The van der Waals surface area contributed by atoms with Gasteiger partial charge in [-0.15, -0.1) is 0 Å². The van der Waals surface area contributed by atoms with Crippen LogP contribution in [0.1, 0.15) is 37.3 Å². The maximum atomic E-state index is 11.9. The van der Waals surface area contributed by atoms with Gasteiger partial charge in [-0.05, 0) is 18.4 Å². The maximum Gasteiger partial charge on any atom is 0.313 e. The lowest BCUT2D eigenvalue weighted by Crippen LogP contribution is -2.55. The van der Waals surface area contributed by atoms with Crippen LogP contribution in [-0.2, 0) is 17.9 Å². The van der Waals surface area contributed by atoms with Crippen molar-refractivity contribution in [3.05, 3.63) is 53.9 Å². The van der Waals surface area contributed by atoms with Crippen LogP contribution in [0.15, 0.2) is 42.7 Å². The second-order valence-corrected chi connectivity index (χ2v) is 7.48. The van der Waals surface area contributed by atoms with Crippen LogP contribution in [0.3, 0.4) is 0 Å². The lowest BCUT2D eigenvalue weighted by atomic mass is 9.74. The summed E-state index contributed by atoms with van der Waals surface area (Å²) in [7, 11) is 0. The summed E-state index contributed by atoms with van der Waals surface area (Å²) in [5, 5.41) is 23.3. The third-order valence-electron chi connectivity index (χ3n) is 5.39. The molecule has 1 aromatic carbocycles. The normalized spacial score (nSPS) is 22.7. The summed E-state index contributed by atoms with van der Waals surface area (Å²) in [6, 6.07) is 10.0. The van der Waals surface area contributed by atoms with E-state index in [-0.39, 0.29) is 0 Å². The maximum absolute atomic E-state index is 11.9. The zero-order chi connectivity index (χ0) is 20.0. The first-order valence-electron chi connectivity index (χ1n) is 9.76. The van der Waals surface area contributed by atoms with Crippen molar-refractivity contribution in [2.45, 2.75) is 45.4 Å². The largest absolute Gasteiger partial charge is 0.481 e. The molecule has 7 heteroatoms. The van der Waals surface area contributed by atoms with Gasteiger partial charge < -0.3 is 15.5 Å². The van der Waals surface area contributed by atoms with Crippen LogP contribution in [0, 0.1) is 5.41 Å². The molecule has 0 unspecified atom stereocenters. The minimum absolute atomic E-state index is 0.339. The third-order valence-corrected chi connectivity index (χ3v) is 5.39. The number of hydrogen-bond acceptors (Lipinski definition) is 6. The number of carbonyl (C=O) groups is 1. The fourth-order valence-corrected chi connectivity index (χ4v) is 3.87. The lowest BCUT2D eigenvalue weighted by Gasteiger charge is -2.43. The standard InChI is InChI=1S/C21H28N4O3/c1-2-9-21(19(27)28)15-25(10-8-18(21)26)14-17-12-23-20(24-13-17)22-11-16-6-4-3-5-7-16/h3-7,12-13,18,26H,2,8-11,14-15H2,1H3,(H,27,28)(H,22,23,24)/t18-,21-/m1/s1. The number of piperidine rings is 1. The molecule has 3 N–H and O–H groups in total. The zero-order valence-corrected chi connectivity index (χ0v) is 16.2. The van der Waals surface area contributed by atoms with Crippen molar-refractivity contribution in [2.24, 2.45) is 5.41 Å². The van der Waals surface area contributed by atoms with Crippen LogP contribution in [0.2, 0.25) is 0 Å². The first-order valence-corrected chi connectivity index (χ1v) is 9.76. The van der Waals surface area contributed by atoms with Gasteiger partial charge in [0.1, 0.15) is 5.41 Å². The average Bonchev–Trinajstić information content (AvgIpc) is 2.71. The molecule has 0 saturated carbocycles. The van der Waals surface area contributed by atoms with Crippen molar-refractivity contribution >= 4 is 11.9 Å². The predicted octanol–water partition coefficient (Wildman–Crippen LogP) is 2.53. The second-order valence-electron chi connectivity index (χ2n) is 7.48. The number of anilines is 1. The molecule has 2 aromatic rings. The second kappa shape index (κ2) is 9.12. The zero-order valence-electron chi connectivity index (χ0n) is 16.2. The Morgan fingerprint density at radius 2 is 1.96 bits per heavy atom. The van der Waals surface area contributed by atoms with E-state index >= 15 is 0 Å². The van der Waals surface area contributed by atoms with Crippen molar-refractivity contribution in [2.75, 3.05) is 18.4 Å². The predicted molar refractivity (Wildman–Crippen MR) is 107 cm³/mol. The van der Waals surface area contributed by atoms with E-state index in [0.29, 0.717) is 45.0 Å². The number of likely N-dealkylation sites (tertiary alicyclic amines) is 1. The number of aliphatic carboxylic acids is 1. The van der Waals surface area contributed by atoms with Crippen molar-refractivity contribution in [3.8, 4) is 0 Å². The van der Waals surface area contributed by atoms with Crippen molar-refractivity contribution in [1.29, 1.82) is 0 Å². The van der Waals surface area contributed by atoms with E-state index in [0.717, 1.165) is 17.5 Å². The number of nitrogens with one attached hydrogen (secondary N) is 1. The van der Waals surface area contributed by atoms with Crippen molar-refractivity contribution < 1.29 is 15.0 Å². The molecule has 2 heterocycles. The Hall–Kier alpha value is -2.51. The Morgan fingerprint density at radius 3 is 2.61 bits per heavy atom. The Kier molecular flexibility index (Phi) is 6.59. The first-order chi connectivity index (χ1) is 13.5. The van der Waals surface area contributed by atoms with Gasteiger partial charge in [-0.1, -0.05) is 43.7 Å². The molecule has 0 aliphatic carbocycles. The van der Waals surface area contributed by atoms with Crippen LogP contribution < -0.4 is 5.32 Å². The van der Waals surface area contributed by atoms with Gasteiger partial charge in [-0.2, -0.15) is 0 Å². The molecule has 28 heavy (non-hydrogen) atoms. The van der Waals surface area contributed by atoms with E-state index in [1.807, 2.05) is 37.3 Å². The van der Waals surface area contributed by atoms with E-state index in [1.165, 1.54) is 0 Å². The highest BCUT2D eigenvalue weighted by molar-refractivity contribution is 5.76. The quantitative estimate of drug-likeness (QED) is 0.643. The summed E-state index contributed by atoms with van der Waals surface area (Å²) in [4.78, 5) is 22.7. The average molecular weight is 384 g/mol. The number of rotatable bonds is 8. The van der Waals surface area contributed by atoms with Gasteiger partial charge in [0, 0.05) is 44.1 Å². The molecule has 1 saturated heterocycles. The fourth-order valence-electron chi connectivity index (χ4n) is 3.87. The lowest BCUT2D eigenvalue weighted by molar-refractivity contribution is -0.164. The summed E-state index contributed by atoms with van der Waals surface area (Å²) in [6.45, 7) is 4.18. The summed E-state index contributed by atoms with van der Waals surface area (Å²) in [6.07, 6.45) is 4.40. The molecular formula is C21H28N4O3. The fraction of sp³-hybridized carbons (Fsp3) is 0.476. The van der Waals surface area contributed by atoms with E-state index in [2.05, 4.69) is 20.2 Å². The summed E-state index contributed by atoms with van der Waals surface area (Å²) >= 11 is 0. The number of aliphatic hydroxyl groups is 1. The molecule has 3 rings (SSSR count). The Morgan fingerprint density at radius 1 is 1.25 bits per heavy atom. The monoisotopic (exact) mass is 384 g/mol. The van der Waals surface area contributed by atoms with E-state index in [9.17, 15) is 15.0 Å². The number of hydrogen-bond donors (Lipinski definition) is 3. The van der Waals surface area contributed by atoms with Crippen LogP contribution in [0.4, 0.5) is 5.95 Å². The SMILES string of the molecule is CCC[C@@]1(C(=O)O)CN(Cc2cnc(NCc3ccccc3)nc2)CC[C@H]1O. The van der Waals surface area contributed by atoms with Gasteiger partial charge in [0.15, 0.2) is 0 Å². The molecule has 7 nitrogen and oxygen atoms in total. The van der Waals surface area contributed by atoms with Crippen molar-refractivity contribution in [1.82, 2.24) is 14.9 Å². The molecule has 150 valence electrons. The molecule has 1 aliphatic heterocycles. The van der Waals surface area contributed by atoms with Gasteiger partial charge in [0.25, 0.3) is 0 Å². The van der Waals surface area contributed by atoms with Crippen LogP contribution in [0.25, 0.3) is 0 Å². The van der Waals surface area contributed by atoms with Crippen LogP contribution >= 0.6 is 0 Å². The van der Waals surface area contributed by atoms with Crippen LogP contribution in [0.5, 0.6) is 0 Å². The van der Waals surface area contributed by atoms with E-state index in [4.69, 9.17) is 0 Å². The number of benzene rings is 1. The topological polar surface area (TPSA) is 98.6 Å². The Bertz CT molecular complexity index is 769. The van der Waals surface area contributed by atoms with Gasteiger partial charge >= 0.3 is 5.97 Å². The summed E-state index contributed by atoms with van der Waals surface area (Å²) in [5.74, 6) is -0.351. The van der Waals surface area contributed by atoms with E-state index in [1.54, 1.807) is 12.4 Å². The number of carboxylic acid groups (broad SMARTS) is 1. The Balaban J connectivity index is 1.59. The molecule has 0 amide bonds. The number of nitrogens with zero attached hydrogens (tertiary/aromatic N) is 3. The molecular weight excluding hydrogens is 356 g/mol. The highest BCUT2D eigenvalue weighted by Gasteiger charge is 2.48. The number of aliphatic hydroxyl groups excluding tert-OH is 1. The molecule has 0 radical (unpaired) electrons. The third kappa shape index (κ3) is 4.66. The van der Waals surface area contributed by atoms with E-state index < -0.39 is 17.5 Å². The first kappa shape index (κ1) is 20.2. The van der Waals surface area contributed by atoms with Gasteiger partial charge in [0.2, 0.25) is 5.95 Å². The highest BCUT2D eigenvalue weighted by Crippen LogP contribution is 2.36. The van der Waals surface area contributed by atoms with Gasteiger partial charge in [-0.25, -0.2) is 9.97 Å². The summed E-state index contributed by atoms with van der Waals surface area (Å²) in [5.41, 5.74) is 0.992. The number of carboxylic acids is 1. The molecule has 1 fully saturated rings. The molecule has 1 aromatic heterocycles. The molecule has 0 bridgehead atoms. The smallest absolute Gasteiger partial charge is 0.313 e.